The molecule has 0 atom stereocenters. The van der Waals surface area contributed by atoms with Crippen LogP contribution < -0.4 is 5.32 Å². The average molecular weight is 210 g/mol. The predicted octanol–water partition coefficient (Wildman–Crippen LogP) is 0.851. The maximum Gasteiger partial charge on any atom is 0.0833 e. The quantitative estimate of drug-likeness (QED) is 0.731. The maximum atomic E-state index is 6.06. The summed E-state index contributed by atoms with van der Waals surface area (Å²) in [6, 6.07) is 0. The molecule has 3 rings (SSSR count). The molecule has 0 bridgehead atoms. The van der Waals surface area contributed by atoms with Gasteiger partial charge in [-0.3, -0.25) is 4.90 Å². The van der Waals surface area contributed by atoms with Gasteiger partial charge in [0.25, 0.3) is 0 Å². The molecule has 86 valence electrons. The van der Waals surface area contributed by atoms with Gasteiger partial charge in [-0.05, 0) is 44.7 Å². The number of nitrogens with zero attached hydrogens (tertiary/aromatic N) is 1. The molecule has 3 aliphatic rings. The molecule has 0 unspecified atom stereocenters. The topological polar surface area (TPSA) is 24.5 Å². The number of hydrogen-bond acceptors (Lipinski definition) is 3. The zero-order chi connectivity index (χ0) is 10.1. The van der Waals surface area contributed by atoms with Gasteiger partial charge in [0.05, 0.1) is 12.2 Å². The van der Waals surface area contributed by atoms with Gasteiger partial charge in [-0.15, -0.1) is 0 Å². The van der Waals surface area contributed by atoms with Gasteiger partial charge in [0.15, 0.2) is 0 Å². The summed E-state index contributed by atoms with van der Waals surface area (Å²) in [4.78, 5) is 2.65. The zero-order valence-electron chi connectivity index (χ0n) is 9.50. The summed E-state index contributed by atoms with van der Waals surface area (Å²) in [5.74, 6) is 1.02. The second-order valence-electron chi connectivity index (χ2n) is 5.46. The first-order valence-electron chi connectivity index (χ1n) is 6.43. The van der Waals surface area contributed by atoms with E-state index in [1.807, 2.05) is 0 Å². The Hall–Kier alpha value is -0.120. The largest absolute Gasteiger partial charge is 0.372 e. The van der Waals surface area contributed by atoms with Crippen LogP contribution in [0.1, 0.15) is 25.7 Å². The van der Waals surface area contributed by atoms with Crippen molar-refractivity contribution in [3.05, 3.63) is 0 Å². The van der Waals surface area contributed by atoms with Gasteiger partial charge in [-0.2, -0.15) is 0 Å². The second-order valence-corrected chi connectivity index (χ2v) is 5.46. The van der Waals surface area contributed by atoms with E-state index in [2.05, 4.69) is 10.2 Å². The van der Waals surface area contributed by atoms with Crippen LogP contribution in [0.3, 0.4) is 0 Å². The van der Waals surface area contributed by atoms with Crippen LogP contribution in [0, 0.1) is 5.92 Å². The summed E-state index contributed by atoms with van der Waals surface area (Å²) in [6.07, 6.45) is 5.33. The number of ether oxygens (including phenoxy) is 1. The van der Waals surface area contributed by atoms with E-state index in [0.29, 0.717) is 0 Å². The number of hydrogen-bond donors (Lipinski definition) is 1. The lowest BCUT2D eigenvalue weighted by Crippen LogP contribution is -2.56. The Morgan fingerprint density at radius 3 is 2.80 bits per heavy atom. The molecule has 1 N–H and O–H groups in total. The van der Waals surface area contributed by atoms with E-state index < -0.39 is 0 Å². The molecule has 2 heterocycles. The van der Waals surface area contributed by atoms with Crippen molar-refractivity contribution in [1.29, 1.82) is 0 Å². The molecule has 2 saturated heterocycles. The molecule has 0 aromatic carbocycles. The fourth-order valence-electron chi connectivity index (χ4n) is 2.93. The summed E-state index contributed by atoms with van der Waals surface area (Å²) in [5.41, 5.74) is 0.207. The van der Waals surface area contributed by atoms with E-state index in [9.17, 15) is 0 Å². The third-order valence-electron chi connectivity index (χ3n) is 4.06. The van der Waals surface area contributed by atoms with Crippen molar-refractivity contribution in [2.75, 3.05) is 39.3 Å². The highest BCUT2D eigenvalue weighted by Gasteiger charge is 2.38. The minimum atomic E-state index is 0.207. The van der Waals surface area contributed by atoms with Gasteiger partial charge >= 0.3 is 0 Å². The van der Waals surface area contributed by atoms with Gasteiger partial charge in [-0.1, -0.05) is 0 Å². The molecular formula is C12H22N2O. The highest BCUT2D eigenvalue weighted by molar-refractivity contribution is 4.93. The molecule has 1 spiro atoms. The van der Waals surface area contributed by atoms with E-state index in [-0.39, 0.29) is 5.60 Å². The van der Waals surface area contributed by atoms with Gasteiger partial charge in [0, 0.05) is 19.6 Å². The van der Waals surface area contributed by atoms with Crippen LogP contribution in [0.25, 0.3) is 0 Å². The Morgan fingerprint density at radius 2 is 2.07 bits per heavy atom. The van der Waals surface area contributed by atoms with E-state index in [0.717, 1.165) is 32.2 Å². The van der Waals surface area contributed by atoms with Crippen molar-refractivity contribution < 1.29 is 4.74 Å². The van der Waals surface area contributed by atoms with Crippen LogP contribution in [0.15, 0.2) is 0 Å². The first-order valence-corrected chi connectivity index (χ1v) is 6.43. The maximum absolute atomic E-state index is 6.06. The summed E-state index contributed by atoms with van der Waals surface area (Å²) < 4.78 is 6.06. The Labute approximate surface area is 92.2 Å². The van der Waals surface area contributed by atoms with Gasteiger partial charge in [0.2, 0.25) is 0 Å². The first kappa shape index (κ1) is 10.1. The number of nitrogens with one attached hydrogen (secondary N) is 1. The molecule has 15 heavy (non-hydrogen) atoms. The zero-order valence-corrected chi connectivity index (χ0v) is 9.50. The standard InChI is InChI=1S/C12H22N2O/c1-2-11(1)9-14-7-8-15-12(10-14)3-5-13-6-4-12/h11,13H,1-10H2. The first-order chi connectivity index (χ1) is 7.36. The second kappa shape index (κ2) is 4.04. The lowest BCUT2D eigenvalue weighted by molar-refractivity contribution is -0.124. The van der Waals surface area contributed by atoms with E-state index in [1.165, 1.54) is 38.8 Å². The molecule has 1 aliphatic carbocycles. The van der Waals surface area contributed by atoms with Gasteiger partial charge in [0.1, 0.15) is 0 Å². The van der Waals surface area contributed by atoms with Crippen molar-refractivity contribution in [3.8, 4) is 0 Å². The van der Waals surface area contributed by atoms with Gasteiger partial charge in [-0.25, -0.2) is 0 Å². The summed E-state index contributed by atoms with van der Waals surface area (Å²) in [7, 11) is 0. The van der Waals surface area contributed by atoms with Crippen LogP contribution in [0.4, 0.5) is 0 Å². The van der Waals surface area contributed by atoms with Crippen LogP contribution in [-0.4, -0.2) is 49.8 Å². The Balaban J connectivity index is 1.58. The van der Waals surface area contributed by atoms with Crippen molar-refractivity contribution in [3.63, 3.8) is 0 Å². The van der Waals surface area contributed by atoms with Crippen molar-refractivity contribution in [2.24, 2.45) is 5.92 Å². The molecule has 3 heteroatoms. The summed E-state index contributed by atoms with van der Waals surface area (Å²) >= 11 is 0. The minimum Gasteiger partial charge on any atom is -0.372 e. The lowest BCUT2D eigenvalue weighted by atomic mass is 9.90. The van der Waals surface area contributed by atoms with E-state index in [4.69, 9.17) is 4.74 Å². The van der Waals surface area contributed by atoms with Crippen molar-refractivity contribution in [1.82, 2.24) is 10.2 Å². The number of rotatable bonds is 2. The van der Waals surface area contributed by atoms with Gasteiger partial charge < -0.3 is 10.1 Å². The van der Waals surface area contributed by atoms with Crippen LogP contribution >= 0.6 is 0 Å². The molecule has 0 amide bonds. The monoisotopic (exact) mass is 210 g/mol. The summed E-state index contributed by atoms with van der Waals surface area (Å²) in [5, 5.41) is 3.43. The SMILES string of the molecule is C1CC2(CCN1)CN(CC1CC1)CCO2. The molecule has 0 radical (unpaired) electrons. The van der Waals surface area contributed by atoms with Crippen LogP contribution in [-0.2, 0) is 4.74 Å². The summed E-state index contributed by atoms with van der Waals surface area (Å²) in [6.45, 7) is 6.90. The highest BCUT2D eigenvalue weighted by atomic mass is 16.5. The predicted molar refractivity (Wildman–Crippen MR) is 60.0 cm³/mol. The van der Waals surface area contributed by atoms with E-state index in [1.54, 1.807) is 0 Å². The molecule has 0 aromatic heterocycles. The Morgan fingerprint density at radius 1 is 1.27 bits per heavy atom. The van der Waals surface area contributed by atoms with Crippen molar-refractivity contribution >= 4 is 0 Å². The Kier molecular flexibility index (Phi) is 2.71. The smallest absolute Gasteiger partial charge is 0.0833 e. The van der Waals surface area contributed by atoms with Crippen molar-refractivity contribution in [2.45, 2.75) is 31.3 Å². The molecule has 3 nitrogen and oxygen atoms in total. The highest BCUT2D eigenvalue weighted by Crippen LogP contribution is 2.33. The molecular weight excluding hydrogens is 188 g/mol. The molecule has 1 saturated carbocycles. The number of morpholine rings is 1. The fourth-order valence-corrected chi connectivity index (χ4v) is 2.93. The lowest BCUT2D eigenvalue weighted by Gasteiger charge is -2.45. The fraction of sp³-hybridized carbons (Fsp3) is 1.00. The molecule has 3 fully saturated rings. The molecule has 0 aromatic rings. The Bertz CT molecular complexity index is 216. The third-order valence-corrected chi connectivity index (χ3v) is 4.06. The average Bonchev–Trinajstić information content (AvgIpc) is 3.03. The third kappa shape index (κ3) is 2.35. The van der Waals surface area contributed by atoms with E-state index >= 15 is 0 Å². The van der Waals surface area contributed by atoms with Crippen LogP contribution in [0.5, 0.6) is 0 Å². The minimum absolute atomic E-state index is 0.207. The van der Waals surface area contributed by atoms with Crippen LogP contribution in [0.2, 0.25) is 0 Å². The normalized spacial score (nSPS) is 32.0. The number of piperidine rings is 1. The molecule has 2 aliphatic heterocycles.